The van der Waals surface area contributed by atoms with Crippen LogP contribution in [0.25, 0.3) is 0 Å². The quantitative estimate of drug-likeness (QED) is 0.775. The number of hydrogen-bond donors (Lipinski definition) is 2. The number of nitrogens with one attached hydrogen (secondary N) is 2. The molecule has 2 saturated heterocycles. The second-order valence-corrected chi connectivity index (χ2v) is 8.32. The number of benzene rings is 1. The fourth-order valence-corrected chi connectivity index (χ4v) is 4.69. The zero-order valence-corrected chi connectivity index (χ0v) is 16.0. The van der Waals surface area contributed by atoms with Gasteiger partial charge in [-0.3, -0.25) is 4.79 Å². The summed E-state index contributed by atoms with van der Waals surface area (Å²) in [6.07, 6.45) is 2.39. The van der Waals surface area contributed by atoms with Gasteiger partial charge in [-0.2, -0.15) is 13.2 Å². The standard InChI is InChI=1S/C20H25F3N2O.ClH/c21-20(22,23)15-3-1-2-14(11-15)19(6-7-19)12-24-18(26)10-13-8-16-4-5-17(9-13)25-16;/h1-3,11,13,16-17,25H,4-10,12H2,(H,24,26);1H. The highest BCUT2D eigenvalue weighted by Crippen LogP contribution is 2.48. The number of fused-ring (bicyclic) bond motifs is 2. The molecule has 3 nitrogen and oxygen atoms in total. The lowest BCUT2D eigenvalue weighted by Crippen LogP contribution is -2.40. The van der Waals surface area contributed by atoms with Gasteiger partial charge >= 0.3 is 6.18 Å². The number of hydrogen-bond acceptors (Lipinski definition) is 2. The van der Waals surface area contributed by atoms with Crippen molar-refractivity contribution in [2.75, 3.05) is 6.54 Å². The Morgan fingerprint density at radius 2 is 1.85 bits per heavy atom. The van der Waals surface area contributed by atoms with Crippen molar-refractivity contribution in [2.24, 2.45) is 5.92 Å². The molecular formula is C20H26ClF3N2O. The minimum Gasteiger partial charge on any atom is -0.355 e. The van der Waals surface area contributed by atoms with Crippen LogP contribution in [0.15, 0.2) is 24.3 Å². The van der Waals surface area contributed by atoms with Crippen LogP contribution in [0.1, 0.15) is 56.1 Å². The average molecular weight is 403 g/mol. The molecule has 1 amide bonds. The van der Waals surface area contributed by atoms with Gasteiger partial charge in [-0.15, -0.1) is 12.4 Å². The summed E-state index contributed by atoms with van der Waals surface area (Å²) in [5.74, 6) is 0.465. The van der Waals surface area contributed by atoms with Crippen molar-refractivity contribution < 1.29 is 18.0 Å². The molecule has 1 aromatic rings. The molecule has 3 aliphatic rings. The van der Waals surface area contributed by atoms with E-state index in [1.807, 2.05) is 0 Å². The summed E-state index contributed by atoms with van der Waals surface area (Å²) < 4.78 is 38.8. The Kier molecular flexibility index (Phi) is 5.78. The number of alkyl halides is 3. The Balaban J connectivity index is 0.00000210. The molecule has 1 aromatic carbocycles. The highest BCUT2D eigenvalue weighted by Gasteiger charge is 2.45. The summed E-state index contributed by atoms with van der Waals surface area (Å²) in [6, 6.07) is 6.68. The number of carbonyl (C=O) groups is 1. The van der Waals surface area contributed by atoms with E-state index in [0.29, 0.717) is 36.5 Å². The van der Waals surface area contributed by atoms with E-state index in [1.165, 1.54) is 25.0 Å². The van der Waals surface area contributed by atoms with Crippen molar-refractivity contribution >= 4 is 18.3 Å². The maximum atomic E-state index is 12.9. The smallest absolute Gasteiger partial charge is 0.355 e. The van der Waals surface area contributed by atoms with Gasteiger partial charge in [-0.05, 0) is 56.1 Å². The minimum atomic E-state index is -4.33. The number of rotatable bonds is 5. The molecule has 1 aliphatic carbocycles. The summed E-state index contributed by atoms with van der Waals surface area (Å²) >= 11 is 0. The van der Waals surface area contributed by atoms with Gasteiger partial charge < -0.3 is 10.6 Å². The zero-order chi connectivity index (χ0) is 18.4. The van der Waals surface area contributed by atoms with E-state index in [1.54, 1.807) is 6.07 Å². The lowest BCUT2D eigenvalue weighted by atomic mass is 9.89. The Bertz CT molecular complexity index is 678. The van der Waals surface area contributed by atoms with Crippen molar-refractivity contribution in [1.29, 1.82) is 0 Å². The average Bonchev–Trinajstić information content (AvgIpc) is 3.32. The third-order valence-electron chi connectivity index (χ3n) is 6.32. The fraction of sp³-hybridized carbons (Fsp3) is 0.650. The molecule has 1 saturated carbocycles. The second kappa shape index (κ2) is 7.63. The second-order valence-electron chi connectivity index (χ2n) is 8.32. The number of piperidine rings is 1. The summed E-state index contributed by atoms with van der Waals surface area (Å²) in [4.78, 5) is 12.4. The van der Waals surface area contributed by atoms with Crippen LogP contribution in [-0.2, 0) is 16.4 Å². The molecule has 2 heterocycles. The summed E-state index contributed by atoms with van der Waals surface area (Å²) in [7, 11) is 0. The SMILES string of the molecule is Cl.O=C(CC1CC2CCC(C1)N2)NCC1(c2cccc(C(F)(F)F)c2)CC1. The highest BCUT2D eigenvalue weighted by molar-refractivity contribution is 5.85. The maximum Gasteiger partial charge on any atom is 0.416 e. The Hall–Kier alpha value is -1.27. The minimum absolute atomic E-state index is 0. The van der Waals surface area contributed by atoms with E-state index in [-0.39, 0.29) is 23.7 Å². The van der Waals surface area contributed by atoms with Gasteiger partial charge in [0.15, 0.2) is 0 Å². The van der Waals surface area contributed by atoms with E-state index < -0.39 is 11.7 Å². The molecule has 7 heteroatoms. The molecule has 2 unspecified atom stereocenters. The number of amides is 1. The Labute approximate surface area is 163 Å². The Morgan fingerprint density at radius 1 is 1.19 bits per heavy atom. The molecule has 3 fully saturated rings. The monoisotopic (exact) mass is 402 g/mol. The topological polar surface area (TPSA) is 41.1 Å². The van der Waals surface area contributed by atoms with Gasteiger partial charge in [0.05, 0.1) is 5.56 Å². The van der Waals surface area contributed by atoms with E-state index in [2.05, 4.69) is 10.6 Å². The molecule has 2 atom stereocenters. The third-order valence-corrected chi connectivity index (χ3v) is 6.32. The van der Waals surface area contributed by atoms with Crippen LogP contribution < -0.4 is 10.6 Å². The lowest BCUT2D eigenvalue weighted by molar-refractivity contribution is -0.137. The van der Waals surface area contributed by atoms with Crippen molar-refractivity contribution in [3.63, 3.8) is 0 Å². The number of carbonyl (C=O) groups excluding carboxylic acids is 1. The molecule has 0 spiro atoms. The zero-order valence-electron chi connectivity index (χ0n) is 15.1. The fourth-order valence-electron chi connectivity index (χ4n) is 4.69. The normalized spacial score (nSPS) is 28.3. The van der Waals surface area contributed by atoms with Gasteiger partial charge in [-0.1, -0.05) is 18.2 Å². The molecule has 2 bridgehead atoms. The first kappa shape index (κ1) is 20.5. The van der Waals surface area contributed by atoms with Crippen molar-refractivity contribution in [1.82, 2.24) is 10.6 Å². The first-order valence-electron chi connectivity index (χ1n) is 9.55. The van der Waals surface area contributed by atoms with Crippen LogP contribution in [0.3, 0.4) is 0 Å². The molecule has 2 aliphatic heterocycles. The van der Waals surface area contributed by atoms with E-state index in [9.17, 15) is 18.0 Å². The van der Waals surface area contributed by atoms with Crippen molar-refractivity contribution in [3.05, 3.63) is 35.4 Å². The van der Waals surface area contributed by atoms with Crippen LogP contribution in [0.2, 0.25) is 0 Å². The molecule has 150 valence electrons. The summed E-state index contributed by atoms with van der Waals surface area (Å²) in [5, 5.41) is 6.57. The lowest BCUT2D eigenvalue weighted by Gasteiger charge is -2.29. The summed E-state index contributed by atoms with van der Waals surface area (Å²) in [6.45, 7) is 0.435. The molecule has 27 heavy (non-hydrogen) atoms. The first-order chi connectivity index (χ1) is 12.3. The van der Waals surface area contributed by atoms with Crippen LogP contribution in [0, 0.1) is 5.92 Å². The van der Waals surface area contributed by atoms with Crippen molar-refractivity contribution in [3.8, 4) is 0 Å². The van der Waals surface area contributed by atoms with Crippen LogP contribution in [0.5, 0.6) is 0 Å². The van der Waals surface area contributed by atoms with E-state index in [0.717, 1.165) is 31.7 Å². The Morgan fingerprint density at radius 3 is 2.44 bits per heavy atom. The number of halogens is 4. The van der Waals surface area contributed by atoms with E-state index in [4.69, 9.17) is 0 Å². The van der Waals surface area contributed by atoms with Gasteiger partial charge in [0.2, 0.25) is 5.91 Å². The molecule has 0 radical (unpaired) electrons. The van der Waals surface area contributed by atoms with Crippen LogP contribution in [-0.4, -0.2) is 24.5 Å². The summed E-state index contributed by atoms with van der Waals surface area (Å²) in [5.41, 5.74) is -0.241. The van der Waals surface area contributed by atoms with Crippen LogP contribution >= 0.6 is 12.4 Å². The largest absolute Gasteiger partial charge is 0.416 e. The third kappa shape index (κ3) is 4.60. The molecule has 2 N–H and O–H groups in total. The van der Waals surface area contributed by atoms with Gasteiger partial charge in [0, 0.05) is 30.5 Å². The van der Waals surface area contributed by atoms with Gasteiger partial charge in [0.1, 0.15) is 0 Å². The van der Waals surface area contributed by atoms with Crippen LogP contribution in [0.4, 0.5) is 13.2 Å². The molecular weight excluding hydrogens is 377 g/mol. The first-order valence-corrected chi connectivity index (χ1v) is 9.55. The predicted octanol–water partition coefficient (Wildman–Crippen LogP) is 4.20. The van der Waals surface area contributed by atoms with Gasteiger partial charge in [-0.25, -0.2) is 0 Å². The van der Waals surface area contributed by atoms with Crippen molar-refractivity contribution in [2.45, 2.75) is 68.6 Å². The van der Waals surface area contributed by atoms with E-state index >= 15 is 0 Å². The highest BCUT2D eigenvalue weighted by atomic mass is 35.5. The van der Waals surface area contributed by atoms with Gasteiger partial charge in [0.25, 0.3) is 0 Å². The maximum absolute atomic E-state index is 12.9. The molecule has 4 rings (SSSR count). The predicted molar refractivity (Wildman–Crippen MR) is 99.9 cm³/mol. The molecule has 0 aromatic heterocycles.